The van der Waals surface area contributed by atoms with E-state index in [9.17, 15) is 9.59 Å². The molecule has 1 N–H and O–H groups in total. The van der Waals surface area contributed by atoms with Crippen LogP contribution in [-0.4, -0.2) is 31.4 Å². The number of carbonyl (C=O) groups excluding carboxylic acids is 2. The van der Waals surface area contributed by atoms with Crippen LogP contribution in [0.3, 0.4) is 0 Å². The van der Waals surface area contributed by atoms with Crippen LogP contribution in [0, 0.1) is 0 Å². The molecule has 2 amide bonds. The standard InChI is InChI=1S/C22H25N3O2/c1-24(22(27)20-14-16-6-2-3-7-17(16)15-23-20)18-9-11-19(12-10-18)25-13-5-4-8-21(25)26/h2-3,6-7,9-12,20,23H,4-5,8,13-15H2,1H3/t20-/m1/s1. The SMILES string of the molecule is CN(C(=O)[C@H]1Cc2ccccc2CN1)c1ccc(N2CCCCC2=O)cc1. The number of fused-ring (bicyclic) bond motifs is 1. The van der Waals surface area contributed by atoms with Crippen LogP contribution in [0.4, 0.5) is 11.4 Å². The molecule has 5 heteroatoms. The van der Waals surface area contributed by atoms with Crippen LogP contribution in [0.25, 0.3) is 0 Å². The zero-order valence-corrected chi connectivity index (χ0v) is 15.6. The number of hydrogen-bond donors (Lipinski definition) is 1. The van der Waals surface area contributed by atoms with Gasteiger partial charge in [-0.2, -0.15) is 0 Å². The fourth-order valence-corrected chi connectivity index (χ4v) is 3.93. The minimum Gasteiger partial charge on any atom is -0.314 e. The van der Waals surface area contributed by atoms with E-state index in [2.05, 4.69) is 17.4 Å². The monoisotopic (exact) mass is 363 g/mol. The summed E-state index contributed by atoms with van der Waals surface area (Å²) in [5.41, 5.74) is 4.25. The third-order valence-corrected chi connectivity index (χ3v) is 5.58. The third kappa shape index (κ3) is 3.60. The Morgan fingerprint density at radius 2 is 1.81 bits per heavy atom. The molecule has 2 heterocycles. The van der Waals surface area contributed by atoms with E-state index >= 15 is 0 Å². The average Bonchev–Trinajstić information content (AvgIpc) is 2.73. The summed E-state index contributed by atoms with van der Waals surface area (Å²) >= 11 is 0. The fraction of sp³-hybridized carbons (Fsp3) is 0.364. The summed E-state index contributed by atoms with van der Waals surface area (Å²) in [6.07, 6.45) is 3.34. The Morgan fingerprint density at radius 1 is 1.07 bits per heavy atom. The summed E-state index contributed by atoms with van der Waals surface area (Å²) in [5, 5.41) is 3.35. The Bertz CT molecular complexity index is 847. The Balaban J connectivity index is 1.45. The molecule has 0 aliphatic carbocycles. The maximum absolute atomic E-state index is 12.9. The molecule has 140 valence electrons. The van der Waals surface area contributed by atoms with Gasteiger partial charge in [-0.05, 0) is 54.7 Å². The minimum atomic E-state index is -0.215. The van der Waals surface area contributed by atoms with Crippen molar-refractivity contribution >= 4 is 23.2 Å². The Labute approximate surface area is 160 Å². The van der Waals surface area contributed by atoms with E-state index in [0.29, 0.717) is 12.8 Å². The normalized spacial score (nSPS) is 19.5. The molecule has 0 saturated carbocycles. The first-order valence-electron chi connectivity index (χ1n) is 9.61. The first-order chi connectivity index (χ1) is 13.1. The van der Waals surface area contributed by atoms with E-state index in [-0.39, 0.29) is 17.9 Å². The summed E-state index contributed by atoms with van der Waals surface area (Å²) in [4.78, 5) is 28.6. The quantitative estimate of drug-likeness (QED) is 0.912. The van der Waals surface area contributed by atoms with Gasteiger partial charge >= 0.3 is 0 Å². The highest BCUT2D eigenvalue weighted by molar-refractivity contribution is 5.98. The molecule has 27 heavy (non-hydrogen) atoms. The number of hydrogen-bond acceptors (Lipinski definition) is 3. The zero-order valence-electron chi connectivity index (χ0n) is 15.6. The summed E-state index contributed by atoms with van der Waals surface area (Å²) in [6, 6.07) is 15.8. The molecule has 0 spiro atoms. The number of nitrogens with zero attached hydrogens (tertiary/aromatic N) is 2. The van der Waals surface area contributed by atoms with Crippen LogP contribution >= 0.6 is 0 Å². The van der Waals surface area contributed by atoms with Gasteiger partial charge in [0.05, 0.1) is 6.04 Å². The van der Waals surface area contributed by atoms with Crippen LogP contribution in [0.2, 0.25) is 0 Å². The highest BCUT2D eigenvalue weighted by atomic mass is 16.2. The highest BCUT2D eigenvalue weighted by Gasteiger charge is 2.27. The number of benzene rings is 2. The van der Waals surface area contributed by atoms with E-state index in [0.717, 1.165) is 37.3 Å². The van der Waals surface area contributed by atoms with Crippen LogP contribution in [-0.2, 0) is 22.6 Å². The second kappa shape index (κ2) is 7.53. The van der Waals surface area contributed by atoms with E-state index in [4.69, 9.17) is 0 Å². The third-order valence-electron chi connectivity index (χ3n) is 5.58. The van der Waals surface area contributed by atoms with Gasteiger partial charge in [-0.25, -0.2) is 0 Å². The smallest absolute Gasteiger partial charge is 0.244 e. The van der Waals surface area contributed by atoms with E-state index in [1.165, 1.54) is 11.1 Å². The number of likely N-dealkylation sites (N-methyl/N-ethyl adjacent to an activating group) is 1. The van der Waals surface area contributed by atoms with Gasteiger partial charge in [0.25, 0.3) is 0 Å². The van der Waals surface area contributed by atoms with Gasteiger partial charge in [-0.3, -0.25) is 9.59 Å². The maximum atomic E-state index is 12.9. The summed E-state index contributed by atoms with van der Waals surface area (Å²) in [6.45, 7) is 1.49. The summed E-state index contributed by atoms with van der Waals surface area (Å²) in [5.74, 6) is 0.245. The van der Waals surface area contributed by atoms with E-state index in [1.54, 1.807) is 4.90 Å². The molecule has 2 aromatic carbocycles. The summed E-state index contributed by atoms with van der Waals surface area (Å²) < 4.78 is 0. The second-order valence-corrected chi connectivity index (χ2v) is 7.32. The van der Waals surface area contributed by atoms with Crippen molar-refractivity contribution in [2.45, 2.75) is 38.3 Å². The van der Waals surface area contributed by atoms with Gasteiger partial charge in [0, 0.05) is 37.9 Å². The van der Waals surface area contributed by atoms with Crippen LogP contribution in [0.1, 0.15) is 30.4 Å². The predicted octanol–water partition coefficient (Wildman–Crippen LogP) is 2.88. The number of carbonyl (C=O) groups is 2. The van der Waals surface area contributed by atoms with Crippen LogP contribution in [0.15, 0.2) is 48.5 Å². The Morgan fingerprint density at radius 3 is 2.56 bits per heavy atom. The van der Waals surface area contributed by atoms with Crippen molar-refractivity contribution in [1.29, 1.82) is 0 Å². The molecule has 2 aliphatic rings. The number of amides is 2. The average molecular weight is 363 g/mol. The molecular formula is C22H25N3O2. The van der Waals surface area contributed by atoms with Crippen molar-refractivity contribution in [1.82, 2.24) is 5.32 Å². The van der Waals surface area contributed by atoms with Gasteiger partial charge < -0.3 is 15.1 Å². The van der Waals surface area contributed by atoms with Gasteiger partial charge in [0.1, 0.15) is 0 Å². The van der Waals surface area contributed by atoms with E-state index < -0.39 is 0 Å². The molecule has 5 nitrogen and oxygen atoms in total. The van der Waals surface area contributed by atoms with Gasteiger partial charge in [-0.15, -0.1) is 0 Å². The molecule has 0 unspecified atom stereocenters. The van der Waals surface area contributed by atoms with Gasteiger partial charge in [0.15, 0.2) is 0 Å². The van der Waals surface area contributed by atoms with Crippen molar-refractivity contribution in [2.75, 3.05) is 23.4 Å². The fourth-order valence-electron chi connectivity index (χ4n) is 3.93. The highest BCUT2D eigenvalue weighted by Crippen LogP contribution is 2.25. The Kier molecular flexibility index (Phi) is 4.94. The molecule has 0 bridgehead atoms. The van der Waals surface area contributed by atoms with Crippen molar-refractivity contribution in [3.63, 3.8) is 0 Å². The van der Waals surface area contributed by atoms with Gasteiger partial charge in [-0.1, -0.05) is 24.3 Å². The lowest BCUT2D eigenvalue weighted by molar-refractivity contribution is -0.120. The largest absolute Gasteiger partial charge is 0.314 e. The van der Waals surface area contributed by atoms with Crippen molar-refractivity contribution in [2.24, 2.45) is 0 Å². The van der Waals surface area contributed by atoms with Crippen LogP contribution in [0.5, 0.6) is 0 Å². The lowest BCUT2D eigenvalue weighted by Gasteiger charge is -2.30. The topological polar surface area (TPSA) is 52.7 Å². The van der Waals surface area contributed by atoms with Crippen molar-refractivity contribution < 1.29 is 9.59 Å². The van der Waals surface area contributed by atoms with Crippen LogP contribution < -0.4 is 15.1 Å². The lowest BCUT2D eigenvalue weighted by atomic mass is 9.95. The molecule has 0 radical (unpaired) electrons. The van der Waals surface area contributed by atoms with Crippen molar-refractivity contribution in [3.8, 4) is 0 Å². The minimum absolute atomic E-state index is 0.0614. The molecular weight excluding hydrogens is 338 g/mol. The number of piperidine rings is 1. The van der Waals surface area contributed by atoms with E-state index in [1.807, 2.05) is 48.3 Å². The molecule has 2 aliphatic heterocycles. The number of nitrogens with one attached hydrogen (secondary N) is 1. The first-order valence-corrected chi connectivity index (χ1v) is 9.61. The Hall–Kier alpha value is -2.66. The molecule has 2 aromatic rings. The molecule has 4 rings (SSSR count). The first kappa shape index (κ1) is 17.7. The summed E-state index contributed by atoms with van der Waals surface area (Å²) in [7, 11) is 1.81. The molecule has 1 atom stereocenters. The lowest BCUT2D eigenvalue weighted by Crippen LogP contribution is -2.48. The zero-order chi connectivity index (χ0) is 18.8. The molecule has 0 aromatic heterocycles. The van der Waals surface area contributed by atoms with Gasteiger partial charge in [0.2, 0.25) is 11.8 Å². The predicted molar refractivity (Wildman–Crippen MR) is 107 cm³/mol. The molecule has 1 saturated heterocycles. The maximum Gasteiger partial charge on any atom is 0.244 e. The van der Waals surface area contributed by atoms with Crippen molar-refractivity contribution in [3.05, 3.63) is 59.7 Å². The second-order valence-electron chi connectivity index (χ2n) is 7.32. The molecule has 1 fully saturated rings. The number of anilines is 2. The number of rotatable bonds is 3.